The molecule has 1 saturated heterocycles. The largest absolute Gasteiger partial charge is 0.497 e. The van der Waals surface area contributed by atoms with Crippen molar-refractivity contribution in [3.8, 4) is 5.75 Å². The molecule has 6 nitrogen and oxygen atoms in total. The third-order valence-corrected chi connectivity index (χ3v) is 5.49. The van der Waals surface area contributed by atoms with Crippen LogP contribution in [0.5, 0.6) is 5.75 Å². The summed E-state index contributed by atoms with van der Waals surface area (Å²) in [6.07, 6.45) is 2.63. The summed E-state index contributed by atoms with van der Waals surface area (Å²) in [5.41, 5.74) is 1.59. The number of hydrogen-bond donors (Lipinski definition) is 2. The average Bonchev–Trinajstić information content (AvgIpc) is 2.76. The fraction of sp³-hybridized carbons (Fsp3) is 0.391. The summed E-state index contributed by atoms with van der Waals surface area (Å²) in [5, 5.41) is 5.71. The number of likely N-dealkylation sites (tertiary alicyclic amines) is 1. The second-order valence-electron chi connectivity index (χ2n) is 7.60. The number of hydrogen-bond acceptors (Lipinski definition) is 3. The maximum absolute atomic E-state index is 13.6. The van der Waals surface area contributed by atoms with Crippen molar-refractivity contribution in [2.45, 2.75) is 26.2 Å². The molecule has 2 aromatic rings. The maximum Gasteiger partial charge on any atom is 0.321 e. The number of piperidine rings is 1. The Morgan fingerprint density at radius 3 is 2.63 bits per heavy atom. The normalized spacial score (nSPS) is 14.3. The standard InChI is InChI=1S/C23H28FN3O3/c1-16-6-7-19(15-21(16)24)26-23(29)27-12-9-17(10-13-27)8-11-25-22(28)18-4-3-5-20(14-18)30-2/h3-7,14-15,17H,8-13H2,1-2H3,(H,25,28)(H,26,29). The third-order valence-electron chi connectivity index (χ3n) is 5.49. The Kier molecular flexibility index (Phi) is 7.27. The summed E-state index contributed by atoms with van der Waals surface area (Å²) < 4.78 is 18.8. The number of nitrogens with zero attached hydrogens (tertiary/aromatic N) is 1. The van der Waals surface area contributed by atoms with Gasteiger partial charge >= 0.3 is 6.03 Å². The molecule has 0 bridgehead atoms. The molecule has 0 atom stereocenters. The summed E-state index contributed by atoms with van der Waals surface area (Å²) in [6.45, 7) is 3.57. The van der Waals surface area contributed by atoms with E-state index in [1.165, 1.54) is 6.07 Å². The van der Waals surface area contributed by atoms with Crippen molar-refractivity contribution in [3.05, 3.63) is 59.4 Å². The maximum atomic E-state index is 13.6. The zero-order valence-electron chi connectivity index (χ0n) is 17.4. The molecule has 7 heteroatoms. The lowest BCUT2D eigenvalue weighted by molar-refractivity contribution is 0.0949. The molecule has 3 rings (SSSR count). The molecule has 160 valence electrons. The van der Waals surface area contributed by atoms with Gasteiger partial charge in [0, 0.05) is 30.9 Å². The second kappa shape index (κ2) is 10.1. The van der Waals surface area contributed by atoms with E-state index in [2.05, 4.69) is 10.6 Å². The Hall–Kier alpha value is -3.09. The van der Waals surface area contributed by atoms with Crippen molar-refractivity contribution in [3.63, 3.8) is 0 Å². The number of urea groups is 1. The molecular weight excluding hydrogens is 385 g/mol. The minimum Gasteiger partial charge on any atom is -0.497 e. The second-order valence-corrected chi connectivity index (χ2v) is 7.60. The van der Waals surface area contributed by atoms with E-state index in [4.69, 9.17) is 4.74 Å². The van der Waals surface area contributed by atoms with Crippen molar-refractivity contribution in [1.29, 1.82) is 0 Å². The van der Waals surface area contributed by atoms with Crippen molar-refractivity contribution >= 4 is 17.6 Å². The van der Waals surface area contributed by atoms with Gasteiger partial charge in [-0.05, 0) is 68.0 Å². The first-order valence-electron chi connectivity index (χ1n) is 10.2. The van der Waals surface area contributed by atoms with Crippen molar-refractivity contribution in [1.82, 2.24) is 10.2 Å². The smallest absolute Gasteiger partial charge is 0.321 e. The first-order chi connectivity index (χ1) is 14.5. The number of aryl methyl sites for hydroxylation is 1. The van der Waals surface area contributed by atoms with Crippen molar-refractivity contribution < 1.29 is 18.7 Å². The molecule has 2 N–H and O–H groups in total. The molecule has 0 spiro atoms. The highest BCUT2D eigenvalue weighted by Gasteiger charge is 2.23. The van der Waals surface area contributed by atoms with Crippen LogP contribution in [-0.4, -0.2) is 43.6 Å². The topological polar surface area (TPSA) is 70.7 Å². The van der Waals surface area contributed by atoms with Gasteiger partial charge in [0.05, 0.1) is 7.11 Å². The molecule has 0 aromatic heterocycles. The van der Waals surface area contributed by atoms with E-state index < -0.39 is 0 Å². The zero-order chi connectivity index (χ0) is 21.5. The van der Waals surface area contributed by atoms with Gasteiger partial charge in [-0.25, -0.2) is 9.18 Å². The van der Waals surface area contributed by atoms with E-state index in [0.29, 0.717) is 48.1 Å². The monoisotopic (exact) mass is 413 g/mol. The number of halogens is 1. The Labute approximate surface area is 176 Å². The van der Waals surface area contributed by atoms with Crippen molar-refractivity contribution in [2.75, 3.05) is 32.1 Å². The molecule has 1 fully saturated rings. The van der Waals surface area contributed by atoms with Crippen LogP contribution in [0.4, 0.5) is 14.9 Å². The lowest BCUT2D eigenvalue weighted by Gasteiger charge is -2.32. The van der Waals surface area contributed by atoms with Crippen LogP contribution in [0.2, 0.25) is 0 Å². The summed E-state index contributed by atoms with van der Waals surface area (Å²) in [5.74, 6) is 0.664. The molecule has 1 aliphatic heterocycles. The number of amides is 3. The van der Waals surface area contributed by atoms with Crippen molar-refractivity contribution in [2.24, 2.45) is 5.92 Å². The van der Waals surface area contributed by atoms with Crippen LogP contribution >= 0.6 is 0 Å². The minimum absolute atomic E-state index is 0.115. The molecule has 3 amide bonds. The van der Waals surface area contributed by atoms with E-state index in [0.717, 1.165) is 19.3 Å². The van der Waals surface area contributed by atoms with Gasteiger partial charge in [-0.3, -0.25) is 4.79 Å². The van der Waals surface area contributed by atoms with Crippen LogP contribution in [0.15, 0.2) is 42.5 Å². The number of rotatable bonds is 6. The number of nitrogens with one attached hydrogen (secondary N) is 2. The molecule has 1 heterocycles. The SMILES string of the molecule is COc1cccc(C(=O)NCCC2CCN(C(=O)Nc3ccc(C)c(F)c3)CC2)c1. The van der Waals surface area contributed by atoms with E-state index in [9.17, 15) is 14.0 Å². The molecule has 2 aromatic carbocycles. The summed E-state index contributed by atoms with van der Waals surface area (Å²) in [4.78, 5) is 26.4. The predicted molar refractivity (Wildman–Crippen MR) is 114 cm³/mol. The fourth-order valence-corrected chi connectivity index (χ4v) is 3.55. The van der Waals surface area contributed by atoms with Crippen LogP contribution in [0.1, 0.15) is 35.2 Å². The predicted octanol–water partition coefficient (Wildman–Crippen LogP) is 4.21. The van der Waals surface area contributed by atoms with E-state index in [-0.39, 0.29) is 17.8 Å². The van der Waals surface area contributed by atoms with Crippen LogP contribution in [-0.2, 0) is 0 Å². The minimum atomic E-state index is -0.331. The first-order valence-corrected chi connectivity index (χ1v) is 10.2. The van der Waals surface area contributed by atoms with Gasteiger partial charge < -0.3 is 20.3 Å². The summed E-state index contributed by atoms with van der Waals surface area (Å²) in [7, 11) is 1.57. The van der Waals surface area contributed by atoms with Crippen LogP contribution in [0.25, 0.3) is 0 Å². The van der Waals surface area contributed by atoms with E-state index >= 15 is 0 Å². The molecular formula is C23H28FN3O3. The van der Waals surface area contributed by atoms with Gasteiger partial charge in [0.1, 0.15) is 11.6 Å². The highest BCUT2D eigenvalue weighted by Crippen LogP contribution is 2.21. The Morgan fingerprint density at radius 2 is 1.93 bits per heavy atom. The first kappa shape index (κ1) is 21.6. The zero-order valence-corrected chi connectivity index (χ0v) is 17.4. The molecule has 30 heavy (non-hydrogen) atoms. The van der Waals surface area contributed by atoms with Gasteiger partial charge in [-0.1, -0.05) is 12.1 Å². The number of anilines is 1. The summed E-state index contributed by atoms with van der Waals surface area (Å²) >= 11 is 0. The van der Waals surface area contributed by atoms with Crippen LogP contribution < -0.4 is 15.4 Å². The highest BCUT2D eigenvalue weighted by molar-refractivity contribution is 5.94. The quantitative estimate of drug-likeness (QED) is 0.745. The van der Waals surface area contributed by atoms with E-state index in [1.807, 2.05) is 0 Å². The fourth-order valence-electron chi connectivity index (χ4n) is 3.55. The number of benzene rings is 2. The Morgan fingerprint density at radius 1 is 1.17 bits per heavy atom. The van der Waals surface area contributed by atoms with E-state index in [1.54, 1.807) is 55.3 Å². The summed E-state index contributed by atoms with van der Waals surface area (Å²) in [6, 6.07) is 11.6. The third kappa shape index (κ3) is 5.72. The van der Waals surface area contributed by atoms with Gasteiger partial charge in [-0.2, -0.15) is 0 Å². The highest BCUT2D eigenvalue weighted by atomic mass is 19.1. The van der Waals surface area contributed by atoms with Gasteiger partial charge in [0.25, 0.3) is 5.91 Å². The lowest BCUT2D eigenvalue weighted by Crippen LogP contribution is -2.41. The average molecular weight is 413 g/mol. The molecule has 0 aliphatic carbocycles. The molecule has 0 unspecified atom stereocenters. The number of ether oxygens (including phenoxy) is 1. The number of methoxy groups -OCH3 is 1. The van der Waals surface area contributed by atoms with Gasteiger partial charge in [0.15, 0.2) is 0 Å². The van der Waals surface area contributed by atoms with Crippen LogP contribution in [0.3, 0.4) is 0 Å². The molecule has 1 aliphatic rings. The lowest BCUT2D eigenvalue weighted by atomic mass is 9.93. The van der Waals surface area contributed by atoms with Crippen LogP contribution in [0, 0.1) is 18.7 Å². The van der Waals surface area contributed by atoms with Gasteiger partial charge in [-0.15, -0.1) is 0 Å². The number of carbonyl (C=O) groups excluding carboxylic acids is 2. The molecule has 0 radical (unpaired) electrons. The van der Waals surface area contributed by atoms with Gasteiger partial charge in [0.2, 0.25) is 0 Å². The Bertz CT molecular complexity index is 895. The Balaban J connectivity index is 1.39. The molecule has 0 saturated carbocycles. The number of carbonyl (C=O) groups is 2.